The van der Waals surface area contributed by atoms with Crippen molar-refractivity contribution in [2.45, 2.75) is 19.4 Å². The molecule has 1 aromatic heterocycles. The highest BCUT2D eigenvalue weighted by molar-refractivity contribution is 9.11. The maximum absolute atomic E-state index is 4.24. The minimum atomic E-state index is 0.253. The summed E-state index contributed by atoms with van der Waals surface area (Å²) in [5.74, 6) is 0. The van der Waals surface area contributed by atoms with Crippen LogP contribution in [0, 0.1) is 0 Å². The standard InChI is InChI=1S/C15H15Br3N2/c1-2-20-15(6-10-5-12(17)9-19-8-10)13-7-11(16)3-4-14(13)18/h3-5,7-9,15,20H,2,6H2,1H3. The van der Waals surface area contributed by atoms with E-state index in [4.69, 9.17) is 0 Å². The normalized spacial score (nSPS) is 12.4. The maximum Gasteiger partial charge on any atom is 0.0410 e. The molecule has 1 atom stereocenters. The lowest BCUT2D eigenvalue weighted by Gasteiger charge is -2.20. The van der Waals surface area contributed by atoms with E-state index < -0.39 is 0 Å². The van der Waals surface area contributed by atoms with Crippen molar-refractivity contribution in [1.82, 2.24) is 10.3 Å². The van der Waals surface area contributed by atoms with Gasteiger partial charge in [0, 0.05) is 31.9 Å². The summed E-state index contributed by atoms with van der Waals surface area (Å²) >= 11 is 10.7. The Morgan fingerprint density at radius 2 is 1.90 bits per heavy atom. The monoisotopic (exact) mass is 460 g/mol. The average molecular weight is 463 g/mol. The van der Waals surface area contributed by atoms with Gasteiger partial charge >= 0.3 is 0 Å². The van der Waals surface area contributed by atoms with E-state index in [1.54, 1.807) is 6.20 Å². The fraction of sp³-hybridized carbons (Fsp3) is 0.267. The van der Waals surface area contributed by atoms with Crippen LogP contribution in [0.25, 0.3) is 0 Å². The third kappa shape index (κ3) is 4.38. The molecule has 0 fully saturated rings. The zero-order valence-electron chi connectivity index (χ0n) is 11.0. The average Bonchev–Trinajstić information content (AvgIpc) is 2.41. The van der Waals surface area contributed by atoms with Gasteiger partial charge in [-0.05, 0) is 64.3 Å². The summed E-state index contributed by atoms with van der Waals surface area (Å²) in [7, 11) is 0. The summed E-state index contributed by atoms with van der Waals surface area (Å²) < 4.78 is 3.22. The van der Waals surface area contributed by atoms with E-state index >= 15 is 0 Å². The van der Waals surface area contributed by atoms with E-state index in [2.05, 4.69) is 83.2 Å². The van der Waals surface area contributed by atoms with E-state index in [9.17, 15) is 0 Å². The molecule has 0 spiro atoms. The SMILES string of the molecule is CCNC(Cc1cncc(Br)c1)c1cc(Br)ccc1Br. The minimum absolute atomic E-state index is 0.253. The van der Waals surface area contributed by atoms with E-state index in [1.807, 2.05) is 12.3 Å². The van der Waals surface area contributed by atoms with Gasteiger partial charge in [-0.1, -0.05) is 38.8 Å². The summed E-state index contributed by atoms with van der Waals surface area (Å²) in [6, 6.07) is 8.63. The number of hydrogen-bond donors (Lipinski definition) is 1. The van der Waals surface area contributed by atoms with Gasteiger partial charge in [0.15, 0.2) is 0 Å². The molecule has 0 saturated heterocycles. The van der Waals surface area contributed by atoms with Crippen LogP contribution in [0.5, 0.6) is 0 Å². The van der Waals surface area contributed by atoms with Crippen LogP contribution in [0.4, 0.5) is 0 Å². The number of likely N-dealkylation sites (N-methyl/N-ethyl adjacent to an activating group) is 1. The van der Waals surface area contributed by atoms with Gasteiger partial charge in [-0.25, -0.2) is 0 Å². The molecule has 1 unspecified atom stereocenters. The second-order valence-corrected chi connectivity index (χ2v) is 7.18. The summed E-state index contributed by atoms with van der Waals surface area (Å²) in [5, 5.41) is 3.54. The Morgan fingerprint density at radius 1 is 1.10 bits per heavy atom. The summed E-state index contributed by atoms with van der Waals surface area (Å²) in [4.78, 5) is 4.24. The van der Waals surface area contributed by atoms with Gasteiger partial charge in [0.05, 0.1) is 0 Å². The molecule has 20 heavy (non-hydrogen) atoms. The van der Waals surface area contributed by atoms with Crippen LogP contribution in [0.15, 0.2) is 50.1 Å². The number of pyridine rings is 1. The van der Waals surface area contributed by atoms with Gasteiger partial charge in [0.25, 0.3) is 0 Å². The van der Waals surface area contributed by atoms with Crippen molar-refractivity contribution in [2.75, 3.05) is 6.54 Å². The molecule has 0 aliphatic carbocycles. The highest BCUT2D eigenvalue weighted by Crippen LogP contribution is 2.29. The van der Waals surface area contributed by atoms with Crippen LogP contribution < -0.4 is 5.32 Å². The summed E-state index contributed by atoms with van der Waals surface area (Å²) in [5.41, 5.74) is 2.46. The summed E-state index contributed by atoms with van der Waals surface area (Å²) in [6.07, 6.45) is 4.62. The molecule has 2 rings (SSSR count). The first-order valence-electron chi connectivity index (χ1n) is 6.38. The van der Waals surface area contributed by atoms with Gasteiger partial charge in [-0.15, -0.1) is 0 Å². The van der Waals surface area contributed by atoms with Crippen molar-refractivity contribution < 1.29 is 0 Å². The first-order chi connectivity index (χ1) is 9.60. The van der Waals surface area contributed by atoms with Crippen LogP contribution in [0.2, 0.25) is 0 Å². The van der Waals surface area contributed by atoms with Crippen LogP contribution in [-0.2, 0) is 6.42 Å². The number of aromatic nitrogens is 1. The molecule has 0 amide bonds. The first-order valence-corrected chi connectivity index (χ1v) is 8.75. The molecule has 0 aliphatic rings. The molecule has 1 aromatic carbocycles. The van der Waals surface area contributed by atoms with E-state index in [1.165, 1.54) is 11.1 Å². The first kappa shape index (κ1) is 16.1. The highest BCUT2D eigenvalue weighted by atomic mass is 79.9. The Bertz CT molecular complexity index is 587. The molecular formula is C15H15Br3N2. The van der Waals surface area contributed by atoms with Gasteiger partial charge in [-0.2, -0.15) is 0 Å². The number of nitrogens with zero attached hydrogens (tertiary/aromatic N) is 1. The Hall–Kier alpha value is -0.230. The third-order valence-corrected chi connectivity index (χ3v) is 4.63. The Labute approximate surface area is 144 Å². The predicted octanol–water partition coefficient (Wildman–Crippen LogP) is 5.26. The zero-order valence-corrected chi connectivity index (χ0v) is 15.8. The van der Waals surface area contributed by atoms with Crippen LogP contribution >= 0.6 is 47.8 Å². The second-order valence-electron chi connectivity index (χ2n) is 4.49. The highest BCUT2D eigenvalue weighted by Gasteiger charge is 2.15. The lowest BCUT2D eigenvalue weighted by atomic mass is 10.00. The van der Waals surface area contributed by atoms with Crippen molar-refractivity contribution in [2.24, 2.45) is 0 Å². The molecule has 1 N–H and O–H groups in total. The van der Waals surface area contributed by atoms with E-state index in [0.717, 1.165) is 26.4 Å². The predicted molar refractivity (Wildman–Crippen MR) is 93.9 cm³/mol. The van der Waals surface area contributed by atoms with Crippen LogP contribution in [-0.4, -0.2) is 11.5 Å². The van der Waals surface area contributed by atoms with Gasteiger partial charge in [0.2, 0.25) is 0 Å². The summed E-state index contributed by atoms with van der Waals surface area (Å²) in [6.45, 7) is 3.04. The van der Waals surface area contributed by atoms with Crippen molar-refractivity contribution in [1.29, 1.82) is 0 Å². The molecule has 0 bridgehead atoms. The fourth-order valence-electron chi connectivity index (χ4n) is 2.12. The quantitative estimate of drug-likeness (QED) is 0.655. The molecule has 5 heteroatoms. The number of benzene rings is 1. The maximum atomic E-state index is 4.24. The largest absolute Gasteiger partial charge is 0.310 e. The molecule has 106 valence electrons. The lowest BCUT2D eigenvalue weighted by molar-refractivity contribution is 0.547. The number of nitrogens with one attached hydrogen (secondary N) is 1. The molecule has 2 nitrogen and oxygen atoms in total. The van der Waals surface area contributed by atoms with Gasteiger partial charge in [0.1, 0.15) is 0 Å². The molecule has 0 saturated carbocycles. The van der Waals surface area contributed by atoms with Crippen LogP contribution in [0.1, 0.15) is 24.1 Å². The molecule has 1 heterocycles. The Kier molecular flexibility index (Phi) is 6.20. The van der Waals surface area contributed by atoms with Crippen LogP contribution in [0.3, 0.4) is 0 Å². The van der Waals surface area contributed by atoms with Crippen molar-refractivity contribution in [3.05, 3.63) is 61.2 Å². The second kappa shape index (κ2) is 7.69. The Morgan fingerprint density at radius 3 is 2.60 bits per heavy atom. The topological polar surface area (TPSA) is 24.9 Å². The van der Waals surface area contributed by atoms with Crippen molar-refractivity contribution in [3.63, 3.8) is 0 Å². The van der Waals surface area contributed by atoms with Gasteiger partial charge < -0.3 is 5.32 Å². The van der Waals surface area contributed by atoms with E-state index in [0.29, 0.717) is 0 Å². The number of hydrogen-bond acceptors (Lipinski definition) is 2. The fourth-order valence-corrected chi connectivity index (χ4v) is 3.44. The van der Waals surface area contributed by atoms with E-state index in [-0.39, 0.29) is 6.04 Å². The number of rotatable bonds is 5. The molecule has 2 aromatic rings. The molecular weight excluding hydrogens is 448 g/mol. The smallest absolute Gasteiger partial charge is 0.0410 e. The molecule has 0 aliphatic heterocycles. The Balaban J connectivity index is 2.29. The van der Waals surface area contributed by atoms with Gasteiger partial charge in [-0.3, -0.25) is 4.98 Å². The number of halogens is 3. The third-order valence-electron chi connectivity index (χ3n) is 2.99. The molecule has 0 radical (unpaired) electrons. The lowest BCUT2D eigenvalue weighted by Crippen LogP contribution is -2.23. The minimum Gasteiger partial charge on any atom is -0.310 e. The zero-order chi connectivity index (χ0) is 14.5. The van der Waals surface area contributed by atoms with Crippen molar-refractivity contribution >= 4 is 47.8 Å². The van der Waals surface area contributed by atoms with Crippen molar-refractivity contribution in [3.8, 4) is 0 Å².